The summed E-state index contributed by atoms with van der Waals surface area (Å²) in [5, 5.41) is 5.77. The van der Waals surface area contributed by atoms with Crippen molar-refractivity contribution in [2.45, 2.75) is 18.9 Å². The molecule has 0 spiro atoms. The Bertz CT molecular complexity index is 1340. The summed E-state index contributed by atoms with van der Waals surface area (Å²) in [7, 11) is 3.48. The first-order valence-electron chi connectivity index (χ1n) is 12.0. The smallest absolute Gasteiger partial charge is 0.292 e. The van der Waals surface area contributed by atoms with Crippen LogP contribution in [0.1, 0.15) is 18.9 Å². The summed E-state index contributed by atoms with van der Waals surface area (Å²) in [6.07, 6.45) is 4.04. The van der Waals surface area contributed by atoms with E-state index in [9.17, 15) is 0 Å². The third-order valence-corrected chi connectivity index (χ3v) is 6.54. The number of nitrogens with two attached hydrogens (primary N) is 1. The van der Waals surface area contributed by atoms with E-state index in [4.69, 9.17) is 34.7 Å². The van der Waals surface area contributed by atoms with Gasteiger partial charge in [-0.3, -0.25) is 4.79 Å². The van der Waals surface area contributed by atoms with Crippen molar-refractivity contribution in [2.24, 2.45) is 0 Å². The number of nitrogen functional groups attached to an aromatic ring is 1. The molecule has 12 heteroatoms. The molecule has 0 aliphatic carbocycles. The van der Waals surface area contributed by atoms with Crippen molar-refractivity contribution < 1.29 is 18.7 Å². The Kier molecular flexibility index (Phi) is 6.96. The van der Waals surface area contributed by atoms with Crippen molar-refractivity contribution in [1.29, 1.82) is 0 Å². The molecule has 2 N–H and O–H groups in total. The van der Waals surface area contributed by atoms with Crippen LogP contribution in [-0.2, 0) is 14.3 Å². The van der Waals surface area contributed by atoms with Crippen LogP contribution >= 0.6 is 0 Å². The number of anilines is 2. The first-order valence-corrected chi connectivity index (χ1v) is 12.0. The molecule has 12 nitrogen and oxygen atoms in total. The molecule has 0 amide bonds. The van der Waals surface area contributed by atoms with Gasteiger partial charge in [0.25, 0.3) is 12.5 Å². The van der Waals surface area contributed by atoms with E-state index in [0.717, 1.165) is 61.4 Å². The second-order valence-electron chi connectivity index (χ2n) is 8.90. The van der Waals surface area contributed by atoms with Gasteiger partial charge in [-0.25, -0.2) is 14.6 Å². The van der Waals surface area contributed by atoms with E-state index in [1.807, 2.05) is 24.4 Å². The molecule has 4 aromatic rings. The van der Waals surface area contributed by atoms with Gasteiger partial charge in [-0.1, -0.05) is 0 Å². The number of piperidine rings is 1. The number of carbonyl (C=O) groups is 1. The Hall–Kier alpha value is -3.77. The van der Waals surface area contributed by atoms with Gasteiger partial charge in [0.05, 0.1) is 37.9 Å². The molecule has 3 aromatic heterocycles. The molecule has 2 saturated heterocycles. The standard InChI is InChI=1S/C22H26N8O2.C2H4O2/c1-28-6-4-15(5-7-28)30-21-16(13-24-30)20(29-8-10-31-11-9-29)26-19(27-21)14-2-3-18-17(12-14)25-22(23)32-18;1-4-2-3/h2-3,12-13,15H,4-11H2,1H3,(H2,23,25);2H,1H3. The van der Waals surface area contributed by atoms with E-state index in [0.29, 0.717) is 42.7 Å². The van der Waals surface area contributed by atoms with Crippen LogP contribution in [0.4, 0.5) is 11.8 Å². The zero-order chi connectivity index (χ0) is 25.1. The molecule has 36 heavy (non-hydrogen) atoms. The van der Waals surface area contributed by atoms with E-state index in [1.165, 1.54) is 7.11 Å². The third-order valence-electron chi connectivity index (χ3n) is 6.54. The van der Waals surface area contributed by atoms with E-state index in [2.05, 4.69) is 31.3 Å². The number of methoxy groups -OCH3 is 1. The van der Waals surface area contributed by atoms with Crippen LogP contribution in [0.25, 0.3) is 33.5 Å². The first kappa shape index (κ1) is 23.9. The Morgan fingerprint density at radius 1 is 1.11 bits per heavy atom. The molecule has 2 aliphatic rings. The van der Waals surface area contributed by atoms with Gasteiger partial charge < -0.3 is 29.4 Å². The summed E-state index contributed by atoms with van der Waals surface area (Å²) in [5.74, 6) is 1.56. The van der Waals surface area contributed by atoms with Crippen molar-refractivity contribution in [3.05, 3.63) is 24.4 Å². The number of aromatic nitrogens is 5. The zero-order valence-corrected chi connectivity index (χ0v) is 20.5. The summed E-state index contributed by atoms with van der Waals surface area (Å²) in [5.41, 5.74) is 8.83. The minimum atomic E-state index is 0.155. The maximum atomic E-state index is 8.95. The molecule has 0 radical (unpaired) electrons. The number of nitrogens with zero attached hydrogens (tertiary/aromatic N) is 7. The van der Waals surface area contributed by atoms with E-state index < -0.39 is 0 Å². The van der Waals surface area contributed by atoms with E-state index in [-0.39, 0.29) is 6.01 Å². The number of ether oxygens (including phenoxy) is 2. The molecule has 2 aliphatic heterocycles. The van der Waals surface area contributed by atoms with E-state index in [1.54, 1.807) is 0 Å². The van der Waals surface area contributed by atoms with Crippen molar-refractivity contribution in [3.63, 3.8) is 0 Å². The summed E-state index contributed by atoms with van der Waals surface area (Å²) in [6, 6.07) is 6.23. The van der Waals surface area contributed by atoms with Crippen molar-refractivity contribution >= 4 is 40.4 Å². The van der Waals surface area contributed by atoms with E-state index >= 15 is 0 Å². The lowest BCUT2D eigenvalue weighted by molar-refractivity contribution is -0.126. The van der Waals surface area contributed by atoms with Crippen LogP contribution in [-0.4, -0.2) is 89.7 Å². The summed E-state index contributed by atoms with van der Waals surface area (Å²) in [6.45, 7) is 5.46. The minimum absolute atomic E-state index is 0.155. The predicted octanol–water partition coefficient (Wildman–Crippen LogP) is 2.11. The molecule has 0 saturated carbocycles. The van der Waals surface area contributed by atoms with Gasteiger partial charge in [0.15, 0.2) is 17.1 Å². The number of oxazole rings is 1. The number of hydrogen-bond donors (Lipinski definition) is 1. The van der Waals surface area contributed by atoms with Gasteiger partial charge in [-0.15, -0.1) is 0 Å². The van der Waals surface area contributed by atoms with Gasteiger partial charge in [-0.05, 0) is 51.2 Å². The highest BCUT2D eigenvalue weighted by Crippen LogP contribution is 2.32. The number of carbonyl (C=O) groups excluding carboxylic acids is 1. The number of rotatable bonds is 4. The lowest BCUT2D eigenvalue weighted by Crippen LogP contribution is -2.37. The van der Waals surface area contributed by atoms with Gasteiger partial charge in [0.1, 0.15) is 11.3 Å². The Morgan fingerprint density at radius 3 is 2.58 bits per heavy atom. The molecule has 2 fully saturated rings. The Labute approximate surface area is 208 Å². The largest absolute Gasteiger partial charge is 0.471 e. The van der Waals surface area contributed by atoms with Crippen LogP contribution in [0.15, 0.2) is 28.8 Å². The topological polar surface area (TPSA) is 138 Å². The Morgan fingerprint density at radius 2 is 1.86 bits per heavy atom. The highest BCUT2D eigenvalue weighted by atomic mass is 16.5. The van der Waals surface area contributed by atoms with Crippen LogP contribution in [0.2, 0.25) is 0 Å². The lowest BCUT2D eigenvalue weighted by atomic mass is 10.1. The maximum Gasteiger partial charge on any atom is 0.292 e. The molecule has 190 valence electrons. The predicted molar refractivity (Wildman–Crippen MR) is 135 cm³/mol. The fraction of sp³-hybridized carbons (Fsp3) is 0.458. The number of morpholine rings is 1. The number of hydrogen-bond acceptors (Lipinski definition) is 11. The molecule has 1 aromatic carbocycles. The van der Waals surface area contributed by atoms with Crippen LogP contribution in [0, 0.1) is 0 Å². The molecular formula is C24H30N8O4. The monoisotopic (exact) mass is 494 g/mol. The SMILES string of the molecule is CN1CCC(n2ncc3c(N4CCOCC4)nc(-c4ccc5oc(N)nc5c4)nc32)CC1.COC=O. The van der Waals surface area contributed by atoms with Gasteiger partial charge in [0.2, 0.25) is 0 Å². The lowest BCUT2D eigenvalue weighted by Gasteiger charge is -2.30. The summed E-state index contributed by atoms with van der Waals surface area (Å²) >= 11 is 0. The summed E-state index contributed by atoms with van der Waals surface area (Å²) < 4.78 is 17.0. The number of fused-ring (bicyclic) bond motifs is 2. The zero-order valence-electron chi connectivity index (χ0n) is 20.5. The quantitative estimate of drug-likeness (QED) is 0.417. The second-order valence-corrected chi connectivity index (χ2v) is 8.90. The number of benzene rings is 1. The molecule has 6 rings (SSSR count). The highest BCUT2D eigenvalue weighted by Gasteiger charge is 2.25. The van der Waals surface area contributed by atoms with Crippen LogP contribution < -0.4 is 10.6 Å². The van der Waals surface area contributed by atoms with Crippen molar-refractivity contribution in [2.75, 3.05) is 64.2 Å². The third kappa shape index (κ3) is 4.82. The molecule has 0 unspecified atom stereocenters. The van der Waals surface area contributed by atoms with Crippen molar-refractivity contribution in [3.8, 4) is 11.4 Å². The van der Waals surface area contributed by atoms with Gasteiger partial charge in [0, 0.05) is 18.7 Å². The second kappa shape index (κ2) is 10.5. The summed E-state index contributed by atoms with van der Waals surface area (Å²) in [4.78, 5) is 27.8. The average molecular weight is 495 g/mol. The van der Waals surface area contributed by atoms with Crippen molar-refractivity contribution in [1.82, 2.24) is 29.6 Å². The van der Waals surface area contributed by atoms with Crippen LogP contribution in [0.5, 0.6) is 0 Å². The molecular weight excluding hydrogens is 464 g/mol. The maximum absolute atomic E-state index is 8.95. The van der Waals surface area contributed by atoms with Gasteiger partial charge >= 0.3 is 0 Å². The highest BCUT2D eigenvalue weighted by molar-refractivity contribution is 5.89. The fourth-order valence-electron chi connectivity index (χ4n) is 4.65. The molecule has 5 heterocycles. The van der Waals surface area contributed by atoms with Crippen LogP contribution in [0.3, 0.4) is 0 Å². The average Bonchev–Trinajstić information content (AvgIpc) is 3.51. The Balaban J connectivity index is 0.000000623. The normalized spacial score (nSPS) is 17.2. The minimum Gasteiger partial charge on any atom is -0.471 e. The number of likely N-dealkylation sites (tertiary alicyclic amines) is 1. The van der Waals surface area contributed by atoms with Gasteiger partial charge in [-0.2, -0.15) is 10.1 Å². The molecule has 0 bridgehead atoms. The molecule has 0 atom stereocenters. The first-order chi connectivity index (χ1) is 17.6. The fourth-order valence-corrected chi connectivity index (χ4v) is 4.65.